The number of hydrogen-bond donors (Lipinski definition) is 1. The second kappa shape index (κ2) is 5.53. The SMILES string of the molecule is CC(C)(C)NCC(C)(CC1CCC2(CCCC2)O1)C1CC1. The van der Waals surface area contributed by atoms with Gasteiger partial charge in [0.25, 0.3) is 0 Å². The second-order valence-corrected chi connectivity index (χ2v) is 9.40. The van der Waals surface area contributed by atoms with Gasteiger partial charge in [-0.1, -0.05) is 19.8 Å². The Kier molecular flexibility index (Phi) is 4.16. The first-order chi connectivity index (χ1) is 9.80. The van der Waals surface area contributed by atoms with Gasteiger partial charge in [-0.25, -0.2) is 0 Å². The molecule has 1 aliphatic heterocycles. The Morgan fingerprint density at radius 3 is 2.24 bits per heavy atom. The van der Waals surface area contributed by atoms with Crippen LogP contribution in [0, 0.1) is 11.3 Å². The van der Waals surface area contributed by atoms with Gasteiger partial charge in [0, 0.05) is 12.1 Å². The first kappa shape index (κ1) is 15.8. The van der Waals surface area contributed by atoms with E-state index < -0.39 is 0 Å². The number of ether oxygens (including phenoxy) is 1. The second-order valence-electron chi connectivity index (χ2n) is 9.40. The minimum absolute atomic E-state index is 0.222. The van der Waals surface area contributed by atoms with Crippen molar-refractivity contribution in [3.8, 4) is 0 Å². The molecule has 21 heavy (non-hydrogen) atoms. The van der Waals surface area contributed by atoms with E-state index in [1.54, 1.807) is 0 Å². The van der Waals surface area contributed by atoms with Crippen molar-refractivity contribution in [3.63, 3.8) is 0 Å². The van der Waals surface area contributed by atoms with Crippen LogP contribution in [0.5, 0.6) is 0 Å². The monoisotopic (exact) mass is 293 g/mol. The Morgan fingerprint density at radius 2 is 1.67 bits per heavy atom. The van der Waals surface area contributed by atoms with E-state index in [1.807, 2.05) is 0 Å². The zero-order valence-corrected chi connectivity index (χ0v) is 14.6. The zero-order valence-electron chi connectivity index (χ0n) is 14.6. The van der Waals surface area contributed by atoms with Gasteiger partial charge in [-0.15, -0.1) is 0 Å². The van der Waals surface area contributed by atoms with Crippen LogP contribution in [0.4, 0.5) is 0 Å². The fourth-order valence-corrected chi connectivity index (χ4v) is 4.58. The smallest absolute Gasteiger partial charge is 0.0687 e. The van der Waals surface area contributed by atoms with Crippen LogP contribution < -0.4 is 5.32 Å². The molecule has 0 aromatic rings. The molecular formula is C19H35NO. The predicted molar refractivity (Wildman–Crippen MR) is 88.5 cm³/mol. The zero-order chi connectivity index (χ0) is 15.1. The van der Waals surface area contributed by atoms with E-state index in [9.17, 15) is 0 Å². The lowest BCUT2D eigenvalue weighted by molar-refractivity contribution is -0.0545. The van der Waals surface area contributed by atoms with Crippen LogP contribution in [0.25, 0.3) is 0 Å². The average Bonchev–Trinajstić information content (AvgIpc) is 3.07. The van der Waals surface area contributed by atoms with Crippen molar-refractivity contribution in [3.05, 3.63) is 0 Å². The standard InChI is InChI=1S/C19H35NO/c1-17(2,3)20-14-18(4,15-7-8-15)13-16-9-12-19(21-16)10-5-6-11-19/h15-16,20H,5-14H2,1-4H3. The number of hydrogen-bond acceptors (Lipinski definition) is 2. The highest BCUT2D eigenvalue weighted by atomic mass is 16.5. The topological polar surface area (TPSA) is 21.3 Å². The Hall–Kier alpha value is -0.0800. The van der Waals surface area contributed by atoms with Crippen molar-refractivity contribution in [2.45, 2.75) is 103 Å². The molecule has 0 aromatic heterocycles. The van der Waals surface area contributed by atoms with Crippen LogP contribution in [-0.2, 0) is 4.74 Å². The molecule has 2 atom stereocenters. The minimum atomic E-state index is 0.222. The number of nitrogens with one attached hydrogen (secondary N) is 1. The third kappa shape index (κ3) is 3.82. The third-order valence-electron chi connectivity index (χ3n) is 6.13. The largest absolute Gasteiger partial charge is 0.372 e. The van der Waals surface area contributed by atoms with E-state index in [-0.39, 0.29) is 5.54 Å². The van der Waals surface area contributed by atoms with Crippen molar-refractivity contribution in [2.24, 2.45) is 11.3 Å². The van der Waals surface area contributed by atoms with Gasteiger partial charge in [0.2, 0.25) is 0 Å². The molecule has 0 bridgehead atoms. The van der Waals surface area contributed by atoms with Crippen LogP contribution >= 0.6 is 0 Å². The van der Waals surface area contributed by atoms with Crippen LogP contribution in [0.2, 0.25) is 0 Å². The molecule has 1 saturated heterocycles. The highest BCUT2D eigenvalue weighted by molar-refractivity contribution is 4.99. The predicted octanol–water partition coefficient (Wildman–Crippen LogP) is 4.67. The van der Waals surface area contributed by atoms with Gasteiger partial charge in [-0.3, -0.25) is 0 Å². The highest BCUT2D eigenvalue weighted by Crippen LogP contribution is 2.51. The summed E-state index contributed by atoms with van der Waals surface area (Å²) in [5.41, 5.74) is 0.952. The van der Waals surface area contributed by atoms with Gasteiger partial charge >= 0.3 is 0 Å². The lowest BCUT2D eigenvalue weighted by atomic mass is 9.78. The van der Waals surface area contributed by atoms with Crippen LogP contribution in [-0.4, -0.2) is 23.8 Å². The van der Waals surface area contributed by atoms with Crippen LogP contribution in [0.15, 0.2) is 0 Å². The maximum Gasteiger partial charge on any atom is 0.0687 e. The minimum Gasteiger partial charge on any atom is -0.372 e. The summed E-state index contributed by atoms with van der Waals surface area (Å²) in [5.74, 6) is 0.927. The van der Waals surface area contributed by atoms with Crippen LogP contribution in [0.3, 0.4) is 0 Å². The lowest BCUT2D eigenvalue weighted by Crippen LogP contribution is -2.45. The van der Waals surface area contributed by atoms with Gasteiger partial charge in [0.05, 0.1) is 11.7 Å². The van der Waals surface area contributed by atoms with E-state index in [0.29, 0.717) is 17.1 Å². The van der Waals surface area contributed by atoms with E-state index in [1.165, 1.54) is 57.8 Å². The van der Waals surface area contributed by atoms with Crippen molar-refractivity contribution in [1.82, 2.24) is 5.32 Å². The summed E-state index contributed by atoms with van der Waals surface area (Å²) in [5, 5.41) is 3.76. The summed E-state index contributed by atoms with van der Waals surface area (Å²) in [6, 6.07) is 0. The van der Waals surface area contributed by atoms with E-state index in [0.717, 1.165) is 12.5 Å². The van der Waals surface area contributed by atoms with Crippen LogP contribution in [0.1, 0.15) is 85.5 Å². The molecule has 3 fully saturated rings. The molecule has 1 spiro atoms. The van der Waals surface area contributed by atoms with Gasteiger partial charge in [0.1, 0.15) is 0 Å². The summed E-state index contributed by atoms with van der Waals surface area (Å²) in [4.78, 5) is 0. The van der Waals surface area contributed by atoms with E-state index in [4.69, 9.17) is 4.74 Å². The molecule has 2 nitrogen and oxygen atoms in total. The maximum absolute atomic E-state index is 6.59. The van der Waals surface area contributed by atoms with E-state index in [2.05, 4.69) is 33.0 Å². The summed E-state index contributed by atoms with van der Waals surface area (Å²) in [7, 11) is 0. The molecule has 2 unspecified atom stereocenters. The number of rotatable bonds is 5. The normalized spacial score (nSPS) is 31.7. The van der Waals surface area contributed by atoms with E-state index >= 15 is 0 Å². The van der Waals surface area contributed by atoms with Gasteiger partial charge < -0.3 is 10.1 Å². The molecule has 0 radical (unpaired) electrons. The molecule has 3 rings (SSSR count). The fourth-order valence-electron chi connectivity index (χ4n) is 4.58. The van der Waals surface area contributed by atoms with Crippen molar-refractivity contribution < 1.29 is 4.74 Å². The third-order valence-corrected chi connectivity index (χ3v) is 6.13. The average molecular weight is 293 g/mol. The Balaban J connectivity index is 1.58. The van der Waals surface area contributed by atoms with Crippen molar-refractivity contribution in [1.29, 1.82) is 0 Å². The molecule has 1 N–H and O–H groups in total. The first-order valence-corrected chi connectivity index (χ1v) is 9.23. The molecular weight excluding hydrogens is 258 g/mol. The molecule has 1 heterocycles. The van der Waals surface area contributed by atoms with Crippen molar-refractivity contribution in [2.75, 3.05) is 6.54 Å². The van der Waals surface area contributed by atoms with Gasteiger partial charge in [-0.2, -0.15) is 0 Å². The lowest BCUT2D eigenvalue weighted by Gasteiger charge is -2.36. The molecule has 2 heteroatoms. The molecule has 3 aliphatic rings. The summed E-state index contributed by atoms with van der Waals surface area (Å²) in [6.07, 6.45) is 12.7. The molecule has 2 saturated carbocycles. The van der Waals surface area contributed by atoms with Crippen molar-refractivity contribution >= 4 is 0 Å². The van der Waals surface area contributed by atoms with Gasteiger partial charge in [0.15, 0.2) is 0 Å². The van der Waals surface area contributed by atoms with Gasteiger partial charge in [-0.05, 0) is 77.0 Å². The first-order valence-electron chi connectivity index (χ1n) is 9.23. The summed E-state index contributed by atoms with van der Waals surface area (Å²) < 4.78 is 6.59. The molecule has 2 aliphatic carbocycles. The molecule has 122 valence electrons. The maximum atomic E-state index is 6.59. The quantitative estimate of drug-likeness (QED) is 0.795. The molecule has 0 amide bonds. The Labute approximate surface area is 131 Å². The molecule has 0 aromatic carbocycles. The summed E-state index contributed by atoms with van der Waals surface area (Å²) in [6.45, 7) is 10.5. The Morgan fingerprint density at radius 1 is 1.00 bits per heavy atom. The fraction of sp³-hybridized carbons (Fsp3) is 1.00. The summed E-state index contributed by atoms with van der Waals surface area (Å²) >= 11 is 0. The Bertz CT molecular complexity index is 362. The highest BCUT2D eigenvalue weighted by Gasteiger charge is 2.47.